The summed E-state index contributed by atoms with van der Waals surface area (Å²) in [5.74, 6) is 0.405. The molecule has 0 aromatic heterocycles. The third-order valence-electron chi connectivity index (χ3n) is 5.06. The highest BCUT2D eigenvalue weighted by Crippen LogP contribution is 2.41. The van der Waals surface area contributed by atoms with Crippen molar-refractivity contribution < 1.29 is 23.8 Å². The van der Waals surface area contributed by atoms with Gasteiger partial charge in [0.25, 0.3) is 5.91 Å². The molecule has 0 spiro atoms. The molecule has 1 saturated carbocycles. The largest absolute Gasteiger partial charge is 0.497 e. The molecular weight excluding hydrogens is 372 g/mol. The van der Waals surface area contributed by atoms with Crippen molar-refractivity contribution in [2.24, 2.45) is 0 Å². The monoisotopic (exact) mass is 394 g/mol. The highest BCUT2D eigenvalue weighted by Gasteiger charge is 2.41. The van der Waals surface area contributed by atoms with Gasteiger partial charge in [0.1, 0.15) is 23.7 Å². The molecule has 2 aliphatic rings. The quantitative estimate of drug-likeness (QED) is 0.555. The first kappa shape index (κ1) is 18.9. The lowest BCUT2D eigenvalue weighted by atomic mass is 10.1. The van der Waals surface area contributed by atoms with Crippen LogP contribution < -0.4 is 20.1 Å². The summed E-state index contributed by atoms with van der Waals surface area (Å²) in [6, 6.07) is 15.3. The van der Waals surface area contributed by atoms with E-state index >= 15 is 0 Å². The van der Waals surface area contributed by atoms with Crippen LogP contribution in [0, 0.1) is 0 Å². The van der Waals surface area contributed by atoms with Gasteiger partial charge in [0.15, 0.2) is 0 Å². The van der Waals surface area contributed by atoms with E-state index in [2.05, 4.69) is 10.6 Å². The topological polar surface area (TPSA) is 85.9 Å². The molecule has 2 aromatic rings. The smallest absolute Gasteiger partial charge is 0.346 e. The second kappa shape index (κ2) is 7.87. The Hall–Kier alpha value is -3.48. The molecule has 4 rings (SSSR count). The molecule has 1 fully saturated rings. The van der Waals surface area contributed by atoms with Gasteiger partial charge < -0.3 is 24.8 Å². The second-order valence-corrected chi connectivity index (χ2v) is 6.99. The molecule has 0 saturated heterocycles. The summed E-state index contributed by atoms with van der Waals surface area (Å²) in [6.07, 6.45) is 0.855. The SMILES string of the molecule is COc1cc(NC2=C(C(=O)NC3CC3c3ccccc3)C(=O)OC2)cc(OC)c1. The Morgan fingerprint density at radius 3 is 2.41 bits per heavy atom. The average molecular weight is 394 g/mol. The predicted molar refractivity (Wildman–Crippen MR) is 107 cm³/mol. The molecule has 2 atom stereocenters. The van der Waals surface area contributed by atoms with Crippen LogP contribution in [0.25, 0.3) is 0 Å². The molecule has 2 aromatic carbocycles. The van der Waals surface area contributed by atoms with E-state index in [1.165, 1.54) is 5.56 Å². The summed E-state index contributed by atoms with van der Waals surface area (Å²) < 4.78 is 15.6. The van der Waals surface area contributed by atoms with Gasteiger partial charge in [-0.3, -0.25) is 4.79 Å². The maximum absolute atomic E-state index is 12.8. The van der Waals surface area contributed by atoms with Gasteiger partial charge in [0.05, 0.1) is 19.9 Å². The standard InChI is InChI=1S/C22H22N2O5/c1-27-15-8-14(9-16(10-15)28-2)23-19-12-29-22(26)20(19)21(25)24-18-11-17(18)13-6-4-3-5-7-13/h3-10,17-18,23H,11-12H2,1-2H3,(H,24,25). The fourth-order valence-electron chi connectivity index (χ4n) is 3.45. The van der Waals surface area contributed by atoms with Gasteiger partial charge in [0, 0.05) is 35.8 Å². The van der Waals surface area contributed by atoms with E-state index in [9.17, 15) is 9.59 Å². The van der Waals surface area contributed by atoms with E-state index in [-0.39, 0.29) is 24.1 Å². The zero-order valence-electron chi connectivity index (χ0n) is 16.2. The van der Waals surface area contributed by atoms with Crippen molar-refractivity contribution in [3.05, 3.63) is 65.4 Å². The molecule has 1 aliphatic heterocycles. The number of hydrogen-bond donors (Lipinski definition) is 2. The first-order valence-electron chi connectivity index (χ1n) is 9.35. The number of esters is 1. The average Bonchev–Trinajstić information content (AvgIpc) is 3.41. The van der Waals surface area contributed by atoms with Crippen molar-refractivity contribution in [2.75, 3.05) is 26.1 Å². The summed E-state index contributed by atoms with van der Waals surface area (Å²) >= 11 is 0. The Balaban J connectivity index is 1.50. The number of anilines is 1. The maximum Gasteiger partial charge on any atom is 0.346 e. The fourth-order valence-corrected chi connectivity index (χ4v) is 3.45. The van der Waals surface area contributed by atoms with Gasteiger partial charge in [-0.1, -0.05) is 30.3 Å². The zero-order chi connectivity index (χ0) is 20.4. The summed E-state index contributed by atoms with van der Waals surface area (Å²) in [5, 5.41) is 6.05. The van der Waals surface area contributed by atoms with Crippen LogP contribution in [0.1, 0.15) is 17.9 Å². The van der Waals surface area contributed by atoms with Crippen molar-refractivity contribution in [1.82, 2.24) is 5.32 Å². The molecule has 7 heteroatoms. The lowest BCUT2D eigenvalue weighted by molar-refractivity contribution is -0.137. The van der Waals surface area contributed by atoms with Crippen molar-refractivity contribution in [1.29, 1.82) is 0 Å². The molecule has 7 nitrogen and oxygen atoms in total. The first-order chi connectivity index (χ1) is 14.1. The van der Waals surface area contributed by atoms with Crippen molar-refractivity contribution in [3.8, 4) is 11.5 Å². The number of nitrogens with one attached hydrogen (secondary N) is 2. The number of amides is 1. The van der Waals surface area contributed by atoms with Crippen LogP contribution in [0.3, 0.4) is 0 Å². The van der Waals surface area contributed by atoms with E-state index < -0.39 is 11.9 Å². The second-order valence-electron chi connectivity index (χ2n) is 6.99. The van der Waals surface area contributed by atoms with Gasteiger partial charge in [-0.15, -0.1) is 0 Å². The molecule has 1 heterocycles. The minimum absolute atomic E-state index is 0.00509. The Kier molecular flexibility index (Phi) is 5.12. The molecule has 0 bridgehead atoms. The fraction of sp³-hybridized carbons (Fsp3) is 0.273. The molecular formula is C22H22N2O5. The van der Waals surface area contributed by atoms with Gasteiger partial charge in [-0.2, -0.15) is 0 Å². The Labute approximate surface area is 168 Å². The highest BCUT2D eigenvalue weighted by atomic mass is 16.5. The summed E-state index contributed by atoms with van der Waals surface area (Å²) in [6.45, 7) is 0.00783. The third kappa shape index (κ3) is 4.03. The number of methoxy groups -OCH3 is 2. The Morgan fingerprint density at radius 2 is 1.76 bits per heavy atom. The normalized spacial score (nSPS) is 20.1. The number of ether oxygens (including phenoxy) is 3. The van der Waals surface area contributed by atoms with Crippen molar-refractivity contribution >= 4 is 17.6 Å². The molecule has 1 aliphatic carbocycles. The number of cyclic esters (lactones) is 1. The number of rotatable bonds is 7. The van der Waals surface area contributed by atoms with Crippen LogP contribution in [-0.2, 0) is 14.3 Å². The van der Waals surface area contributed by atoms with Crippen LogP contribution in [0.15, 0.2) is 59.8 Å². The van der Waals surface area contributed by atoms with Gasteiger partial charge in [-0.05, 0) is 12.0 Å². The lowest BCUT2D eigenvalue weighted by Gasteiger charge is -2.12. The van der Waals surface area contributed by atoms with Crippen molar-refractivity contribution in [3.63, 3.8) is 0 Å². The van der Waals surface area contributed by atoms with Crippen LogP contribution in [0.5, 0.6) is 11.5 Å². The Morgan fingerprint density at radius 1 is 1.07 bits per heavy atom. The van der Waals surface area contributed by atoms with Crippen molar-refractivity contribution in [2.45, 2.75) is 18.4 Å². The molecule has 150 valence electrons. The number of carbonyl (C=O) groups is 2. The van der Waals surface area contributed by atoms with Gasteiger partial charge in [-0.25, -0.2) is 4.79 Å². The van der Waals surface area contributed by atoms with E-state index in [4.69, 9.17) is 14.2 Å². The van der Waals surface area contributed by atoms with E-state index in [1.807, 2.05) is 30.3 Å². The minimum atomic E-state index is -0.628. The van der Waals surface area contributed by atoms with Crippen LogP contribution in [0.2, 0.25) is 0 Å². The maximum atomic E-state index is 12.8. The molecule has 29 heavy (non-hydrogen) atoms. The zero-order valence-corrected chi connectivity index (χ0v) is 16.2. The summed E-state index contributed by atoms with van der Waals surface area (Å²) in [5.41, 5.74) is 2.24. The lowest BCUT2D eigenvalue weighted by Crippen LogP contribution is -2.31. The molecule has 1 amide bonds. The van der Waals surface area contributed by atoms with Crippen LogP contribution in [0.4, 0.5) is 5.69 Å². The van der Waals surface area contributed by atoms with Gasteiger partial charge >= 0.3 is 5.97 Å². The van der Waals surface area contributed by atoms with E-state index in [0.717, 1.165) is 6.42 Å². The summed E-state index contributed by atoms with van der Waals surface area (Å²) in [7, 11) is 3.11. The number of benzene rings is 2. The molecule has 2 N–H and O–H groups in total. The summed E-state index contributed by atoms with van der Waals surface area (Å²) in [4.78, 5) is 25.0. The van der Waals surface area contributed by atoms with E-state index in [1.54, 1.807) is 32.4 Å². The number of carbonyl (C=O) groups excluding carboxylic acids is 2. The van der Waals surface area contributed by atoms with Crippen LogP contribution >= 0.6 is 0 Å². The van der Waals surface area contributed by atoms with Gasteiger partial charge in [0.2, 0.25) is 0 Å². The molecule has 0 radical (unpaired) electrons. The number of hydrogen-bond acceptors (Lipinski definition) is 6. The van der Waals surface area contributed by atoms with E-state index in [0.29, 0.717) is 22.9 Å². The predicted octanol–water partition coefficient (Wildman–Crippen LogP) is 2.60. The third-order valence-corrected chi connectivity index (χ3v) is 5.06. The Bertz CT molecular complexity index is 948. The molecule has 2 unspecified atom stereocenters. The highest BCUT2D eigenvalue weighted by molar-refractivity contribution is 6.18. The first-order valence-corrected chi connectivity index (χ1v) is 9.35. The van der Waals surface area contributed by atoms with Crippen LogP contribution in [-0.4, -0.2) is 38.7 Å². The minimum Gasteiger partial charge on any atom is -0.497 e.